The highest BCUT2D eigenvalue weighted by Crippen LogP contribution is 2.05. The summed E-state index contributed by atoms with van der Waals surface area (Å²) in [5.74, 6) is -4.83. The molecule has 1 aromatic rings. The molecule has 0 unspecified atom stereocenters. The fraction of sp³-hybridized carbons (Fsp3) is 0.450. The Kier molecular flexibility index (Phi) is 12.6. The summed E-state index contributed by atoms with van der Waals surface area (Å²) in [6.45, 7) is -2.15. The quantitative estimate of drug-likeness (QED) is 0.114. The molecule has 0 aromatic heterocycles. The van der Waals surface area contributed by atoms with Crippen LogP contribution in [0.25, 0.3) is 0 Å². The molecule has 0 aliphatic rings. The van der Waals surface area contributed by atoms with Crippen LogP contribution in [0.15, 0.2) is 30.3 Å². The molecule has 0 aliphatic carbocycles. The maximum atomic E-state index is 12.8. The number of carboxylic acid groups (broad SMARTS) is 1. The van der Waals surface area contributed by atoms with Gasteiger partial charge < -0.3 is 42.3 Å². The smallest absolute Gasteiger partial charge is 0.322 e. The fourth-order valence-electron chi connectivity index (χ4n) is 2.64. The molecular weight excluding hydrogens is 470 g/mol. The molecule has 0 heterocycles. The Morgan fingerprint density at radius 1 is 0.824 bits per heavy atom. The van der Waals surface area contributed by atoms with Crippen LogP contribution in [0, 0.1) is 0 Å². The number of hydrogen-bond donors (Lipinski definition) is 9. The molecule has 14 heteroatoms. The zero-order valence-corrected chi connectivity index (χ0v) is 19.0. The van der Waals surface area contributed by atoms with E-state index in [1.165, 1.54) is 0 Å². The number of nitrogens with one attached hydrogen (secondary N) is 4. The van der Waals surface area contributed by atoms with Gasteiger partial charge in [-0.2, -0.15) is 12.6 Å². The number of nitrogens with two attached hydrogens (primary N) is 1. The molecule has 0 saturated carbocycles. The summed E-state index contributed by atoms with van der Waals surface area (Å²) >= 11 is 4.03. The van der Waals surface area contributed by atoms with E-state index in [1.807, 2.05) is 0 Å². The third kappa shape index (κ3) is 9.74. The average Bonchev–Trinajstić information content (AvgIpc) is 2.83. The van der Waals surface area contributed by atoms with Gasteiger partial charge in [0.05, 0.1) is 13.2 Å². The second-order valence-corrected chi connectivity index (χ2v) is 7.50. The van der Waals surface area contributed by atoms with E-state index in [4.69, 9.17) is 15.9 Å². The Morgan fingerprint density at radius 2 is 1.38 bits per heavy atom. The summed E-state index contributed by atoms with van der Waals surface area (Å²) in [4.78, 5) is 60.2. The van der Waals surface area contributed by atoms with Gasteiger partial charge in [-0.15, -0.1) is 0 Å². The first-order valence-electron chi connectivity index (χ1n) is 10.2. The molecule has 0 bridgehead atoms. The maximum absolute atomic E-state index is 12.8. The zero-order chi connectivity index (χ0) is 25.7. The van der Waals surface area contributed by atoms with Crippen LogP contribution in [0.2, 0.25) is 0 Å². The van der Waals surface area contributed by atoms with Gasteiger partial charge in [-0.05, 0) is 5.56 Å². The van der Waals surface area contributed by atoms with Gasteiger partial charge in [0.25, 0.3) is 0 Å². The highest BCUT2D eigenvalue weighted by Gasteiger charge is 2.29. The van der Waals surface area contributed by atoms with Crippen molar-refractivity contribution in [1.29, 1.82) is 0 Å². The molecule has 13 nitrogen and oxygen atoms in total. The Labute approximate surface area is 200 Å². The number of carboxylic acids is 1. The molecule has 4 amide bonds. The summed E-state index contributed by atoms with van der Waals surface area (Å²) in [5.41, 5.74) is 6.05. The van der Waals surface area contributed by atoms with Crippen molar-refractivity contribution in [2.75, 3.05) is 25.5 Å². The zero-order valence-electron chi connectivity index (χ0n) is 18.1. The molecular formula is C20H29N5O8S. The van der Waals surface area contributed by atoms with E-state index < -0.39 is 73.5 Å². The Morgan fingerprint density at radius 3 is 1.91 bits per heavy atom. The molecule has 9 N–H and O–H groups in total. The molecule has 0 radical (unpaired) electrons. The minimum Gasteiger partial charge on any atom is -0.480 e. The number of benzene rings is 1. The van der Waals surface area contributed by atoms with Crippen molar-refractivity contribution in [3.8, 4) is 0 Å². The lowest BCUT2D eigenvalue weighted by Crippen LogP contribution is -2.59. The van der Waals surface area contributed by atoms with Gasteiger partial charge in [-0.1, -0.05) is 30.3 Å². The summed E-state index contributed by atoms with van der Waals surface area (Å²) in [7, 11) is 0. The maximum Gasteiger partial charge on any atom is 0.322 e. The van der Waals surface area contributed by atoms with Crippen molar-refractivity contribution < 1.29 is 39.3 Å². The molecule has 0 fully saturated rings. The van der Waals surface area contributed by atoms with E-state index in [1.54, 1.807) is 30.3 Å². The standard InChI is InChI=1S/C20H29N5O8S/c21-12(8-26)17(30)24-14(9-27)19(32)25-15(10-34)20(33)23-13(18(31)22-7-16(28)29)6-11-4-2-1-3-5-11/h1-5,12-15,26-27,34H,6-10,21H2,(H,22,31)(H,23,33)(H,24,30)(H,25,32)(H,28,29)/t12-,13-,14-,15-/m0/s1. The molecule has 4 atom stereocenters. The molecule has 1 rings (SSSR count). The SMILES string of the molecule is N[C@@H](CO)C(=O)N[C@@H](CO)C(=O)N[C@@H](CS)C(=O)N[C@@H](Cc1ccccc1)C(=O)NCC(=O)O. The Balaban J connectivity index is 2.90. The monoisotopic (exact) mass is 499 g/mol. The number of aliphatic hydroxyl groups excluding tert-OH is 2. The summed E-state index contributed by atoms with van der Waals surface area (Å²) in [6, 6.07) is 3.45. The predicted molar refractivity (Wildman–Crippen MR) is 123 cm³/mol. The first kappa shape index (κ1) is 28.8. The number of aliphatic hydroxyl groups is 2. The highest BCUT2D eigenvalue weighted by molar-refractivity contribution is 7.80. The number of hydrogen-bond acceptors (Lipinski definition) is 9. The lowest BCUT2D eigenvalue weighted by Gasteiger charge is -2.24. The van der Waals surface area contributed by atoms with Crippen molar-refractivity contribution in [1.82, 2.24) is 21.3 Å². The molecule has 188 valence electrons. The molecule has 0 saturated heterocycles. The van der Waals surface area contributed by atoms with E-state index in [0.717, 1.165) is 0 Å². The van der Waals surface area contributed by atoms with Crippen molar-refractivity contribution in [2.24, 2.45) is 5.73 Å². The molecule has 34 heavy (non-hydrogen) atoms. The summed E-state index contributed by atoms with van der Waals surface area (Å²) in [6.07, 6.45) is 0.0413. The van der Waals surface area contributed by atoms with Crippen LogP contribution < -0.4 is 27.0 Å². The number of aliphatic carboxylic acids is 1. The minimum absolute atomic E-state index is 0.0413. The second kappa shape index (κ2) is 14.8. The van der Waals surface area contributed by atoms with Gasteiger partial charge in [0.15, 0.2) is 0 Å². The van der Waals surface area contributed by atoms with Crippen molar-refractivity contribution in [3.05, 3.63) is 35.9 Å². The van der Waals surface area contributed by atoms with Crippen LogP contribution in [-0.2, 0) is 30.4 Å². The topological polar surface area (TPSA) is 220 Å². The van der Waals surface area contributed by atoms with Crippen molar-refractivity contribution in [2.45, 2.75) is 30.6 Å². The van der Waals surface area contributed by atoms with Gasteiger partial charge in [-0.25, -0.2) is 0 Å². The van der Waals surface area contributed by atoms with E-state index in [0.29, 0.717) is 5.56 Å². The Hall–Kier alpha value is -3.20. The van der Waals surface area contributed by atoms with Gasteiger partial charge >= 0.3 is 5.97 Å². The second-order valence-electron chi connectivity index (χ2n) is 7.14. The highest BCUT2D eigenvalue weighted by atomic mass is 32.1. The lowest BCUT2D eigenvalue weighted by atomic mass is 10.0. The van der Waals surface area contributed by atoms with Gasteiger partial charge in [0.1, 0.15) is 30.7 Å². The third-order valence-corrected chi connectivity index (χ3v) is 4.86. The fourth-order valence-corrected chi connectivity index (χ4v) is 2.90. The van der Waals surface area contributed by atoms with E-state index in [-0.39, 0.29) is 12.2 Å². The number of amides is 4. The Bertz CT molecular complexity index is 857. The van der Waals surface area contributed by atoms with E-state index >= 15 is 0 Å². The first-order valence-corrected chi connectivity index (χ1v) is 10.8. The van der Waals surface area contributed by atoms with E-state index in [2.05, 4.69) is 33.9 Å². The molecule has 1 aromatic carbocycles. The summed E-state index contributed by atoms with van der Waals surface area (Å²) in [5, 5.41) is 36.2. The first-order chi connectivity index (χ1) is 16.1. The molecule has 0 spiro atoms. The van der Waals surface area contributed by atoms with Crippen molar-refractivity contribution in [3.63, 3.8) is 0 Å². The normalized spacial score (nSPS) is 14.1. The third-order valence-electron chi connectivity index (χ3n) is 4.49. The predicted octanol–water partition coefficient (Wildman–Crippen LogP) is -3.87. The van der Waals surface area contributed by atoms with E-state index in [9.17, 15) is 29.1 Å². The lowest BCUT2D eigenvalue weighted by molar-refractivity contribution is -0.138. The van der Waals surface area contributed by atoms with Crippen LogP contribution in [0.1, 0.15) is 5.56 Å². The number of carbonyl (C=O) groups is 5. The number of thiol groups is 1. The van der Waals surface area contributed by atoms with Crippen molar-refractivity contribution >= 4 is 42.2 Å². The van der Waals surface area contributed by atoms with Crippen LogP contribution in [-0.4, -0.2) is 94.6 Å². The summed E-state index contributed by atoms with van der Waals surface area (Å²) < 4.78 is 0. The van der Waals surface area contributed by atoms with Gasteiger partial charge in [-0.3, -0.25) is 24.0 Å². The van der Waals surface area contributed by atoms with Gasteiger partial charge in [0.2, 0.25) is 23.6 Å². The van der Waals surface area contributed by atoms with Crippen LogP contribution in [0.5, 0.6) is 0 Å². The number of carbonyl (C=O) groups excluding carboxylic acids is 4. The number of rotatable bonds is 14. The largest absolute Gasteiger partial charge is 0.480 e. The molecule has 0 aliphatic heterocycles. The average molecular weight is 500 g/mol. The van der Waals surface area contributed by atoms with Crippen LogP contribution in [0.4, 0.5) is 0 Å². The van der Waals surface area contributed by atoms with Crippen LogP contribution >= 0.6 is 12.6 Å². The minimum atomic E-state index is -1.46. The van der Waals surface area contributed by atoms with Gasteiger partial charge in [0, 0.05) is 12.2 Å². The van der Waals surface area contributed by atoms with Crippen LogP contribution in [0.3, 0.4) is 0 Å².